The fourth-order valence-corrected chi connectivity index (χ4v) is 2.39. The average molecular weight is 323 g/mol. The Bertz CT molecular complexity index is 844. The molecular weight excluding hydrogens is 306 g/mol. The second-order valence-electron chi connectivity index (χ2n) is 5.30. The lowest BCUT2D eigenvalue weighted by atomic mass is 10.1. The van der Waals surface area contributed by atoms with Gasteiger partial charge < -0.3 is 10.6 Å². The lowest BCUT2D eigenvalue weighted by Gasteiger charge is -2.18. The smallest absolute Gasteiger partial charge is 0.163 e. The van der Waals surface area contributed by atoms with Gasteiger partial charge in [0.05, 0.1) is 5.69 Å². The molecule has 0 bridgehead atoms. The highest BCUT2D eigenvalue weighted by molar-refractivity contribution is 5.51. The van der Waals surface area contributed by atoms with E-state index in [-0.39, 0.29) is 5.82 Å². The van der Waals surface area contributed by atoms with Crippen molar-refractivity contribution in [3.63, 3.8) is 0 Å². The molecule has 0 unspecified atom stereocenters. The minimum Gasteiger partial charge on any atom is -0.381 e. The van der Waals surface area contributed by atoms with Gasteiger partial charge in [-0.2, -0.15) is 10.4 Å². The van der Waals surface area contributed by atoms with Gasteiger partial charge in [0.25, 0.3) is 0 Å². The van der Waals surface area contributed by atoms with Crippen LogP contribution >= 0.6 is 0 Å². The van der Waals surface area contributed by atoms with Gasteiger partial charge >= 0.3 is 0 Å². The monoisotopic (exact) mass is 323 g/mol. The molecule has 9 heteroatoms. The molecule has 0 aromatic carbocycles. The van der Waals surface area contributed by atoms with Gasteiger partial charge in [-0.3, -0.25) is 9.67 Å². The van der Waals surface area contributed by atoms with Crippen LogP contribution in [0.25, 0.3) is 5.82 Å². The maximum Gasteiger partial charge on any atom is 0.163 e. The summed E-state index contributed by atoms with van der Waals surface area (Å²) in [6.07, 6.45) is 8.28. The second kappa shape index (κ2) is 6.78. The summed E-state index contributed by atoms with van der Waals surface area (Å²) in [6, 6.07) is 3.97. The van der Waals surface area contributed by atoms with Gasteiger partial charge in [0.1, 0.15) is 35.9 Å². The largest absolute Gasteiger partial charge is 0.381 e. The van der Waals surface area contributed by atoms with E-state index in [1.165, 1.54) is 6.33 Å². The van der Waals surface area contributed by atoms with Crippen LogP contribution in [0.4, 0.5) is 11.6 Å². The summed E-state index contributed by atoms with van der Waals surface area (Å²) in [5.41, 5.74) is 6.84. The molecule has 24 heavy (non-hydrogen) atoms. The molecule has 0 fully saturated rings. The van der Waals surface area contributed by atoms with Crippen LogP contribution in [0.1, 0.15) is 17.7 Å². The highest BCUT2D eigenvalue weighted by atomic mass is 15.2. The number of nitrogens with zero attached hydrogens (tertiary/aromatic N) is 7. The van der Waals surface area contributed by atoms with Gasteiger partial charge in [-0.05, 0) is 12.8 Å². The zero-order valence-electron chi connectivity index (χ0n) is 13.2. The van der Waals surface area contributed by atoms with Crippen LogP contribution in [0.5, 0.6) is 0 Å². The number of rotatable bonds is 6. The summed E-state index contributed by atoms with van der Waals surface area (Å²) in [4.78, 5) is 14.6. The SMILES string of the molecule is CN(CCCc1[nH]nc(N)c1C#N)c1cc(-n2ccnc2)ncn1. The first kappa shape index (κ1) is 15.5. The number of nitrogens with two attached hydrogens (primary N) is 1. The summed E-state index contributed by atoms with van der Waals surface area (Å²) in [6.45, 7) is 0.768. The van der Waals surface area contributed by atoms with Gasteiger partial charge in [-0.25, -0.2) is 15.0 Å². The fourth-order valence-electron chi connectivity index (χ4n) is 2.39. The van der Waals surface area contributed by atoms with Crippen LogP contribution in [-0.4, -0.2) is 43.3 Å². The molecule has 0 aliphatic carbocycles. The first-order chi connectivity index (χ1) is 11.7. The molecular formula is C15H17N9. The Balaban J connectivity index is 1.62. The van der Waals surface area contributed by atoms with Crippen LogP contribution in [-0.2, 0) is 6.42 Å². The van der Waals surface area contributed by atoms with Crippen molar-refractivity contribution in [2.24, 2.45) is 0 Å². The van der Waals surface area contributed by atoms with E-state index in [9.17, 15) is 0 Å². The van der Waals surface area contributed by atoms with E-state index in [1.54, 1.807) is 12.5 Å². The first-order valence-electron chi connectivity index (χ1n) is 7.43. The van der Waals surface area contributed by atoms with Crippen molar-refractivity contribution in [2.75, 3.05) is 24.2 Å². The number of aromatic nitrogens is 6. The molecule has 3 aromatic rings. The molecule has 3 heterocycles. The number of hydrogen-bond donors (Lipinski definition) is 2. The molecule has 3 aromatic heterocycles. The minimum absolute atomic E-state index is 0.252. The number of nitrogen functional groups attached to an aromatic ring is 1. The number of aryl methyl sites for hydroxylation is 1. The molecule has 0 spiro atoms. The van der Waals surface area contributed by atoms with E-state index in [0.717, 1.165) is 30.3 Å². The topological polar surface area (TPSA) is 125 Å². The first-order valence-corrected chi connectivity index (χ1v) is 7.43. The van der Waals surface area contributed by atoms with Crippen LogP contribution in [0, 0.1) is 11.3 Å². The third kappa shape index (κ3) is 3.17. The number of aromatic amines is 1. The molecule has 0 radical (unpaired) electrons. The molecule has 122 valence electrons. The Morgan fingerprint density at radius 1 is 1.42 bits per heavy atom. The standard InChI is InChI=1S/C15H17N9/c1-23(5-2-3-12-11(8-16)15(17)22-21-12)13-7-14(20-9-19-13)24-6-4-18-10-24/h4,6-7,9-10H,2-3,5H2,1H3,(H3,17,21,22). The zero-order chi connectivity index (χ0) is 16.9. The molecule has 9 nitrogen and oxygen atoms in total. The quantitative estimate of drug-likeness (QED) is 0.690. The Morgan fingerprint density at radius 2 is 2.29 bits per heavy atom. The number of anilines is 2. The van der Waals surface area contributed by atoms with Crippen molar-refractivity contribution >= 4 is 11.6 Å². The Kier molecular flexibility index (Phi) is 4.38. The van der Waals surface area contributed by atoms with Gasteiger partial charge in [0.15, 0.2) is 5.82 Å². The van der Waals surface area contributed by atoms with Gasteiger partial charge in [0.2, 0.25) is 0 Å². The zero-order valence-corrected chi connectivity index (χ0v) is 13.2. The van der Waals surface area contributed by atoms with Crippen LogP contribution < -0.4 is 10.6 Å². The summed E-state index contributed by atoms with van der Waals surface area (Å²) >= 11 is 0. The Hall–Kier alpha value is -3.41. The van der Waals surface area contributed by atoms with Crippen LogP contribution in [0.15, 0.2) is 31.1 Å². The van der Waals surface area contributed by atoms with E-state index < -0.39 is 0 Å². The van der Waals surface area contributed by atoms with E-state index in [1.807, 2.05) is 28.8 Å². The Morgan fingerprint density at radius 3 is 3.04 bits per heavy atom. The average Bonchev–Trinajstić information content (AvgIpc) is 3.25. The number of H-pyrrole nitrogens is 1. The van der Waals surface area contributed by atoms with Crippen molar-refractivity contribution in [1.29, 1.82) is 5.26 Å². The molecule has 0 saturated heterocycles. The van der Waals surface area contributed by atoms with Crippen LogP contribution in [0.3, 0.4) is 0 Å². The van der Waals surface area contributed by atoms with E-state index in [0.29, 0.717) is 12.0 Å². The van der Waals surface area contributed by atoms with E-state index in [4.69, 9.17) is 11.0 Å². The molecule has 0 amide bonds. The number of nitrogens with one attached hydrogen (secondary N) is 1. The predicted molar refractivity (Wildman–Crippen MR) is 88.5 cm³/mol. The second-order valence-corrected chi connectivity index (χ2v) is 5.30. The van der Waals surface area contributed by atoms with E-state index >= 15 is 0 Å². The third-order valence-corrected chi connectivity index (χ3v) is 3.70. The molecule has 0 aliphatic heterocycles. The highest BCUT2D eigenvalue weighted by Gasteiger charge is 2.11. The molecule has 0 saturated carbocycles. The van der Waals surface area contributed by atoms with E-state index in [2.05, 4.69) is 31.2 Å². The van der Waals surface area contributed by atoms with Crippen molar-refractivity contribution in [1.82, 2.24) is 29.7 Å². The lowest BCUT2D eigenvalue weighted by molar-refractivity contribution is 0.757. The molecule has 0 atom stereocenters. The molecule has 0 aliphatic rings. The summed E-state index contributed by atoms with van der Waals surface area (Å²) < 4.78 is 1.82. The van der Waals surface area contributed by atoms with Crippen molar-refractivity contribution in [2.45, 2.75) is 12.8 Å². The predicted octanol–water partition coefficient (Wildman–Crippen LogP) is 0.908. The summed E-state index contributed by atoms with van der Waals surface area (Å²) in [5.74, 6) is 1.83. The van der Waals surface area contributed by atoms with Crippen molar-refractivity contribution < 1.29 is 0 Å². The highest BCUT2D eigenvalue weighted by Crippen LogP contribution is 2.15. The Labute approximate surface area is 138 Å². The number of hydrogen-bond acceptors (Lipinski definition) is 7. The maximum absolute atomic E-state index is 9.07. The fraction of sp³-hybridized carbons (Fsp3) is 0.267. The van der Waals surface area contributed by atoms with Gasteiger partial charge in [-0.15, -0.1) is 0 Å². The third-order valence-electron chi connectivity index (χ3n) is 3.70. The minimum atomic E-state index is 0.252. The number of imidazole rings is 1. The van der Waals surface area contributed by atoms with Gasteiger partial charge in [-0.1, -0.05) is 0 Å². The maximum atomic E-state index is 9.07. The van der Waals surface area contributed by atoms with Gasteiger partial charge in [0, 0.05) is 32.1 Å². The lowest BCUT2D eigenvalue weighted by Crippen LogP contribution is -2.20. The summed E-state index contributed by atoms with van der Waals surface area (Å²) in [7, 11) is 1.96. The van der Waals surface area contributed by atoms with Crippen LogP contribution in [0.2, 0.25) is 0 Å². The molecule has 3 rings (SSSR count). The summed E-state index contributed by atoms with van der Waals surface area (Å²) in [5, 5.41) is 15.8. The molecule has 3 N–H and O–H groups in total. The van der Waals surface area contributed by atoms with Crippen molar-refractivity contribution in [3.8, 4) is 11.9 Å². The van der Waals surface area contributed by atoms with Crippen molar-refractivity contribution in [3.05, 3.63) is 42.4 Å². The normalized spacial score (nSPS) is 10.5. The number of nitriles is 1.